The van der Waals surface area contributed by atoms with Crippen molar-refractivity contribution in [2.24, 2.45) is 4.99 Å². The number of carbonyl (C=O) groups excluding carboxylic acids is 1. The van der Waals surface area contributed by atoms with Crippen molar-refractivity contribution < 1.29 is 9.18 Å². The van der Waals surface area contributed by atoms with E-state index in [-0.39, 0.29) is 5.82 Å². The molecule has 126 valence electrons. The molecule has 0 aliphatic carbocycles. The maximum absolute atomic E-state index is 14.4. The summed E-state index contributed by atoms with van der Waals surface area (Å²) >= 11 is 1.49. The van der Waals surface area contributed by atoms with Crippen molar-refractivity contribution in [2.45, 2.75) is 18.7 Å². The number of aliphatic imine (C=N–C) groups is 1. The SMILES string of the molecule is C/C=N\c1c(C)cc(N(C)c2ccc(SC)cc2F)cc1NC=O. The number of hydrogen-bond acceptors (Lipinski definition) is 4. The van der Waals surface area contributed by atoms with Gasteiger partial charge in [0.1, 0.15) is 5.82 Å². The molecule has 0 fully saturated rings. The number of aryl methyl sites for hydroxylation is 1. The summed E-state index contributed by atoms with van der Waals surface area (Å²) < 4.78 is 14.4. The molecule has 0 aromatic heterocycles. The predicted octanol–water partition coefficient (Wildman–Crippen LogP) is 4.91. The molecule has 2 rings (SSSR count). The van der Waals surface area contributed by atoms with Crippen LogP contribution in [0.2, 0.25) is 0 Å². The quantitative estimate of drug-likeness (QED) is 0.459. The van der Waals surface area contributed by atoms with Gasteiger partial charge in [-0.25, -0.2) is 4.39 Å². The van der Waals surface area contributed by atoms with E-state index in [1.54, 1.807) is 30.3 Å². The highest BCUT2D eigenvalue weighted by molar-refractivity contribution is 7.98. The summed E-state index contributed by atoms with van der Waals surface area (Å²) in [6.07, 6.45) is 4.19. The van der Waals surface area contributed by atoms with E-state index in [0.29, 0.717) is 23.5 Å². The molecular formula is C18H20FN3OS. The van der Waals surface area contributed by atoms with Crippen molar-refractivity contribution in [2.75, 3.05) is 23.5 Å². The number of hydrogen-bond donors (Lipinski definition) is 1. The molecule has 0 spiro atoms. The summed E-state index contributed by atoms with van der Waals surface area (Å²) in [6, 6.07) is 8.85. The van der Waals surface area contributed by atoms with Gasteiger partial charge in [-0.05, 0) is 56.0 Å². The number of halogens is 1. The van der Waals surface area contributed by atoms with Crippen molar-refractivity contribution in [3.8, 4) is 0 Å². The maximum atomic E-state index is 14.4. The molecule has 0 aliphatic rings. The van der Waals surface area contributed by atoms with Crippen LogP contribution in [0.25, 0.3) is 0 Å². The van der Waals surface area contributed by atoms with Gasteiger partial charge in [0.25, 0.3) is 0 Å². The number of thioether (sulfide) groups is 1. The molecule has 0 bridgehead atoms. The fourth-order valence-electron chi connectivity index (χ4n) is 2.45. The Morgan fingerprint density at radius 3 is 2.62 bits per heavy atom. The first-order chi connectivity index (χ1) is 11.5. The Bertz CT molecular complexity index is 777. The lowest BCUT2D eigenvalue weighted by Gasteiger charge is -2.22. The van der Waals surface area contributed by atoms with E-state index in [4.69, 9.17) is 0 Å². The van der Waals surface area contributed by atoms with Gasteiger partial charge in [0.15, 0.2) is 0 Å². The van der Waals surface area contributed by atoms with Crippen LogP contribution in [0.15, 0.2) is 40.2 Å². The van der Waals surface area contributed by atoms with Crippen molar-refractivity contribution in [3.63, 3.8) is 0 Å². The van der Waals surface area contributed by atoms with Crippen LogP contribution in [-0.4, -0.2) is 25.9 Å². The first kappa shape index (κ1) is 18.0. The monoisotopic (exact) mass is 345 g/mol. The van der Waals surface area contributed by atoms with Gasteiger partial charge in [-0.2, -0.15) is 0 Å². The first-order valence-corrected chi connectivity index (χ1v) is 8.65. The summed E-state index contributed by atoms with van der Waals surface area (Å²) in [7, 11) is 1.79. The van der Waals surface area contributed by atoms with E-state index in [1.165, 1.54) is 17.8 Å². The lowest BCUT2D eigenvalue weighted by molar-refractivity contribution is -0.105. The van der Waals surface area contributed by atoms with Gasteiger partial charge in [-0.15, -0.1) is 11.8 Å². The van der Waals surface area contributed by atoms with Gasteiger partial charge >= 0.3 is 0 Å². The standard InChI is InChI=1S/C18H20FN3OS/c1-5-20-18-12(2)8-13(9-16(18)21-11-23)22(3)17-7-6-14(24-4)10-15(17)19/h5-11H,1-4H3,(H,21,23)/b20-5-. The average Bonchev–Trinajstić information content (AvgIpc) is 2.57. The summed E-state index contributed by atoms with van der Waals surface area (Å²) in [5.74, 6) is -0.289. The van der Waals surface area contributed by atoms with Crippen molar-refractivity contribution in [1.29, 1.82) is 0 Å². The Hall–Kier alpha value is -2.34. The second-order valence-electron chi connectivity index (χ2n) is 5.18. The fraction of sp³-hybridized carbons (Fsp3) is 0.222. The van der Waals surface area contributed by atoms with Crippen molar-refractivity contribution in [1.82, 2.24) is 0 Å². The molecule has 0 heterocycles. The van der Waals surface area contributed by atoms with Crippen LogP contribution < -0.4 is 10.2 Å². The predicted molar refractivity (Wildman–Crippen MR) is 101 cm³/mol. The van der Waals surface area contributed by atoms with Gasteiger partial charge in [0, 0.05) is 23.8 Å². The Morgan fingerprint density at radius 2 is 2.04 bits per heavy atom. The number of anilines is 3. The van der Waals surface area contributed by atoms with E-state index in [9.17, 15) is 9.18 Å². The zero-order chi connectivity index (χ0) is 17.7. The molecule has 0 aliphatic heterocycles. The molecule has 2 aromatic rings. The molecule has 4 nitrogen and oxygen atoms in total. The number of nitrogens with one attached hydrogen (secondary N) is 1. The van der Waals surface area contributed by atoms with Crippen LogP contribution in [0.1, 0.15) is 12.5 Å². The molecule has 0 unspecified atom stereocenters. The Morgan fingerprint density at radius 1 is 1.29 bits per heavy atom. The summed E-state index contributed by atoms with van der Waals surface area (Å²) in [4.78, 5) is 17.8. The second-order valence-corrected chi connectivity index (χ2v) is 6.06. The molecule has 0 radical (unpaired) electrons. The fourth-order valence-corrected chi connectivity index (χ4v) is 2.88. The molecule has 2 aromatic carbocycles. The minimum absolute atomic E-state index is 0.289. The molecule has 0 atom stereocenters. The Kier molecular flexibility index (Phi) is 5.98. The zero-order valence-corrected chi connectivity index (χ0v) is 14.9. The number of nitrogens with zero attached hydrogens (tertiary/aromatic N) is 2. The van der Waals surface area contributed by atoms with Crippen LogP contribution in [-0.2, 0) is 4.79 Å². The zero-order valence-electron chi connectivity index (χ0n) is 14.1. The molecule has 0 saturated heterocycles. The smallest absolute Gasteiger partial charge is 0.211 e. The van der Waals surface area contributed by atoms with Gasteiger partial charge in [-0.3, -0.25) is 9.79 Å². The van der Waals surface area contributed by atoms with Crippen LogP contribution in [0.5, 0.6) is 0 Å². The topological polar surface area (TPSA) is 44.7 Å². The van der Waals surface area contributed by atoms with E-state index < -0.39 is 0 Å². The summed E-state index contributed by atoms with van der Waals surface area (Å²) in [6.45, 7) is 3.72. The van der Waals surface area contributed by atoms with Crippen molar-refractivity contribution >= 4 is 47.1 Å². The van der Waals surface area contributed by atoms with Gasteiger partial charge in [-0.1, -0.05) is 0 Å². The lowest BCUT2D eigenvalue weighted by Crippen LogP contribution is -2.12. The number of amides is 1. The number of benzene rings is 2. The van der Waals surface area contributed by atoms with E-state index in [1.807, 2.05) is 32.2 Å². The Labute approximate surface area is 145 Å². The highest BCUT2D eigenvalue weighted by Gasteiger charge is 2.14. The molecular weight excluding hydrogens is 325 g/mol. The molecule has 24 heavy (non-hydrogen) atoms. The summed E-state index contributed by atoms with van der Waals surface area (Å²) in [5, 5.41) is 2.66. The molecule has 0 saturated carbocycles. The molecule has 1 amide bonds. The number of rotatable bonds is 6. The molecule has 1 N–H and O–H groups in total. The third-order valence-electron chi connectivity index (χ3n) is 3.66. The maximum Gasteiger partial charge on any atom is 0.211 e. The Balaban J connectivity index is 2.49. The van der Waals surface area contributed by atoms with Crippen LogP contribution in [0.3, 0.4) is 0 Å². The minimum Gasteiger partial charge on any atom is -0.342 e. The highest BCUT2D eigenvalue weighted by atomic mass is 32.2. The normalized spacial score (nSPS) is 10.9. The lowest BCUT2D eigenvalue weighted by atomic mass is 10.1. The van der Waals surface area contributed by atoms with Gasteiger partial charge in [0.2, 0.25) is 6.41 Å². The number of carbonyl (C=O) groups is 1. The third-order valence-corrected chi connectivity index (χ3v) is 4.39. The average molecular weight is 345 g/mol. The van der Waals surface area contributed by atoms with Crippen molar-refractivity contribution in [3.05, 3.63) is 41.7 Å². The summed E-state index contributed by atoms with van der Waals surface area (Å²) in [5.41, 5.74) is 3.41. The second kappa shape index (κ2) is 7.97. The minimum atomic E-state index is -0.289. The van der Waals surface area contributed by atoms with Crippen LogP contribution in [0, 0.1) is 12.7 Å². The third kappa shape index (κ3) is 3.76. The highest BCUT2D eigenvalue weighted by Crippen LogP contribution is 2.36. The van der Waals surface area contributed by atoms with Gasteiger partial charge in [0.05, 0.1) is 17.1 Å². The van der Waals surface area contributed by atoms with E-state index in [0.717, 1.165) is 16.1 Å². The van der Waals surface area contributed by atoms with E-state index >= 15 is 0 Å². The van der Waals surface area contributed by atoms with E-state index in [2.05, 4.69) is 10.3 Å². The largest absolute Gasteiger partial charge is 0.342 e. The first-order valence-electron chi connectivity index (χ1n) is 7.42. The van der Waals surface area contributed by atoms with Gasteiger partial charge < -0.3 is 10.2 Å². The van der Waals surface area contributed by atoms with Crippen LogP contribution >= 0.6 is 11.8 Å². The van der Waals surface area contributed by atoms with Crippen LogP contribution in [0.4, 0.5) is 27.1 Å². The molecule has 6 heteroatoms.